The highest BCUT2D eigenvalue weighted by molar-refractivity contribution is 7.90. The van der Waals surface area contributed by atoms with Gasteiger partial charge in [-0.25, -0.2) is 12.8 Å². The number of halogens is 2. The lowest BCUT2D eigenvalue weighted by molar-refractivity contribution is -0.122. The van der Waals surface area contributed by atoms with Crippen LogP contribution >= 0.6 is 12.4 Å². The highest BCUT2D eigenvalue weighted by atomic mass is 35.5. The van der Waals surface area contributed by atoms with E-state index in [2.05, 4.69) is 5.32 Å². The molecule has 0 saturated carbocycles. The number of carbonyl (C=O) groups is 1. The molecule has 0 bridgehead atoms. The molecule has 0 fully saturated rings. The first-order valence-electron chi connectivity index (χ1n) is 6.15. The third-order valence-electron chi connectivity index (χ3n) is 2.74. The molecule has 0 radical (unpaired) electrons. The molecule has 0 saturated heterocycles. The summed E-state index contributed by atoms with van der Waals surface area (Å²) in [6.07, 6.45) is 1.12. The van der Waals surface area contributed by atoms with Crippen molar-refractivity contribution in [2.75, 3.05) is 6.26 Å². The molecule has 1 aromatic carbocycles. The van der Waals surface area contributed by atoms with Gasteiger partial charge in [0, 0.05) is 18.7 Å². The van der Waals surface area contributed by atoms with Crippen molar-refractivity contribution >= 4 is 28.2 Å². The lowest BCUT2D eigenvalue weighted by Gasteiger charge is -2.16. The molecule has 2 atom stereocenters. The molecule has 3 N–H and O–H groups in total. The van der Waals surface area contributed by atoms with Gasteiger partial charge in [-0.1, -0.05) is 6.07 Å². The Bertz CT molecular complexity index is 605. The summed E-state index contributed by atoms with van der Waals surface area (Å²) in [5.74, 6) is -1.06. The number of amides is 1. The summed E-state index contributed by atoms with van der Waals surface area (Å²) >= 11 is 0. The van der Waals surface area contributed by atoms with Crippen LogP contribution in [-0.4, -0.2) is 26.6 Å². The second-order valence-electron chi connectivity index (χ2n) is 4.93. The summed E-state index contributed by atoms with van der Waals surface area (Å²) in [5.41, 5.74) is 6.01. The molecule has 0 aliphatic carbocycles. The summed E-state index contributed by atoms with van der Waals surface area (Å²) < 4.78 is 36.4. The SMILES string of the molecule is CC(N)CC(=O)NC(C)c1ccc(S(C)(=O)=O)c(F)c1.Cl. The Balaban J connectivity index is 0.00000400. The smallest absolute Gasteiger partial charge is 0.222 e. The lowest BCUT2D eigenvalue weighted by Crippen LogP contribution is -2.31. The number of hydrogen-bond donors (Lipinski definition) is 2. The van der Waals surface area contributed by atoms with Crippen LogP contribution in [0.25, 0.3) is 0 Å². The maximum Gasteiger partial charge on any atom is 0.222 e. The van der Waals surface area contributed by atoms with E-state index < -0.39 is 21.7 Å². The molecule has 8 heteroatoms. The lowest BCUT2D eigenvalue weighted by atomic mass is 10.1. The highest BCUT2D eigenvalue weighted by Gasteiger charge is 2.17. The number of hydrogen-bond acceptors (Lipinski definition) is 4. The summed E-state index contributed by atoms with van der Waals surface area (Å²) in [4.78, 5) is 11.2. The average Bonchev–Trinajstić information content (AvgIpc) is 2.25. The van der Waals surface area contributed by atoms with E-state index in [1.165, 1.54) is 12.1 Å². The maximum absolute atomic E-state index is 13.7. The number of nitrogens with one attached hydrogen (secondary N) is 1. The van der Waals surface area contributed by atoms with Crippen molar-refractivity contribution in [3.8, 4) is 0 Å². The van der Waals surface area contributed by atoms with Gasteiger partial charge in [-0.05, 0) is 31.5 Å². The third-order valence-corrected chi connectivity index (χ3v) is 3.87. The van der Waals surface area contributed by atoms with E-state index >= 15 is 0 Å². The monoisotopic (exact) mass is 338 g/mol. The predicted octanol–water partition coefficient (Wildman–Crippen LogP) is 1.57. The fraction of sp³-hybridized carbons (Fsp3) is 0.462. The molecule has 120 valence electrons. The molecule has 0 heterocycles. The van der Waals surface area contributed by atoms with Gasteiger partial charge in [-0.2, -0.15) is 0 Å². The van der Waals surface area contributed by atoms with E-state index in [0.717, 1.165) is 12.3 Å². The molecule has 2 unspecified atom stereocenters. The first-order chi connectivity index (χ1) is 9.11. The van der Waals surface area contributed by atoms with E-state index in [1.54, 1.807) is 13.8 Å². The fourth-order valence-corrected chi connectivity index (χ4v) is 2.49. The van der Waals surface area contributed by atoms with Gasteiger partial charge in [-0.15, -0.1) is 12.4 Å². The number of rotatable bonds is 5. The zero-order valence-electron chi connectivity index (χ0n) is 12.1. The van der Waals surface area contributed by atoms with Crippen molar-refractivity contribution in [1.29, 1.82) is 0 Å². The van der Waals surface area contributed by atoms with E-state index in [9.17, 15) is 17.6 Å². The third kappa shape index (κ3) is 5.99. The Morgan fingerprint density at radius 1 is 1.38 bits per heavy atom. The minimum Gasteiger partial charge on any atom is -0.350 e. The Morgan fingerprint density at radius 3 is 2.38 bits per heavy atom. The molecule has 1 amide bonds. The number of nitrogens with two attached hydrogens (primary N) is 1. The van der Waals surface area contributed by atoms with Crippen LogP contribution in [0.3, 0.4) is 0 Å². The second kappa shape index (κ2) is 7.72. The Labute approximate surface area is 130 Å². The summed E-state index contributed by atoms with van der Waals surface area (Å²) in [6.45, 7) is 3.40. The van der Waals surface area contributed by atoms with Gasteiger partial charge >= 0.3 is 0 Å². The summed E-state index contributed by atoms with van der Waals surface area (Å²) in [5, 5.41) is 2.68. The van der Waals surface area contributed by atoms with E-state index in [-0.39, 0.29) is 35.7 Å². The van der Waals surface area contributed by atoms with Gasteiger partial charge in [0.25, 0.3) is 0 Å². The molecule has 5 nitrogen and oxygen atoms in total. The summed E-state index contributed by atoms with van der Waals surface area (Å²) in [6, 6.07) is 3.12. The van der Waals surface area contributed by atoms with Gasteiger partial charge in [-0.3, -0.25) is 4.79 Å². The quantitative estimate of drug-likeness (QED) is 0.852. The first kappa shape index (κ1) is 19.8. The van der Waals surface area contributed by atoms with E-state index in [4.69, 9.17) is 5.73 Å². The normalized spacial score (nSPS) is 14.0. The zero-order chi connectivity index (χ0) is 15.5. The van der Waals surface area contributed by atoms with Crippen molar-refractivity contribution < 1.29 is 17.6 Å². The van der Waals surface area contributed by atoms with Crippen LogP contribution in [0.5, 0.6) is 0 Å². The fourth-order valence-electron chi connectivity index (χ4n) is 1.76. The van der Waals surface area contributed by atoms with Crippen LogP contribution in [0.2, 0.25) is 0 Å². The molecule has 0 aromatic heterocycles. The van der Waals surface area contributed by atoms with Gasteiger partial charge in [0.15, 0.2) is 9.84 Å². The van der Waals surface area contributed by atoms with E-state index in [1.807, 2.05) is 0 Å². The van der Waals surface area contributed by atoms with Crippen LogP contribution in [0.15, 0.2) is 23.1 Å². The molecule has 0 spiro atoms. The van der Waals surface area contributed by atoms with Crippen molar-refractivity contribution in [2.45, 2.75) is 37.2 Å². The standard InChI is InChI=1S/C13H19FN2O3S.ClH/c1-8(15)6-13(17)16-9(2)10-4-5-12(11(14)7-10)20(3,18)19;/h4-5,7-9H,6,15H2,1-3H3,(H,16,17);1H. The Kier molecular flexibility index (Phi) is 7.29. The minimum absolute atomic E-state index is 0. The average molecular weight is 339 g/mol. The molecule has 1 aromatic rings. The number of carbonyl (C=O) groups excluding carboxylic acids is 1. The van der Waals surface area contributed by atoms with Gasteiger partial charge in [0.05, 0.1) is 6.04 Å². The highest BCUT2D eigenvalue weighted by Crippen LogP contribution is 2.20. The molecule has 0 aliphatic rings. The van der Waals surface area contributed by atoms with Crippen LogP contribution in [0.1, 0.15) is 31.9 Å². The van der Waals surface area contributed by atoms with Gasteiger partial charge in [0.2, 0.25) is 5.91 Å². The van der Waals surface area contributed by atoms with E-state index in [0.29, 0.717) is 5.56 Å². The number of sulfone groups is 1. The Hall–Kier alpha value is -1.18. The van der Waals surface area contributed by atoms with Crippen molar-refractivity contribution in [3.63, 3.8) is 0 Å². The van der Waals surface area contributed by atoms with Crippen LogP contribution in [0.4, 0.5) is 4.39 Å². The van der Waals surface area contributed by atoms with Gasteiger partial charge < -0.3 is 11.1 Å². The molecular formula is C13H20ClFN2O3S. The molecular weight excluding hydrogens is 319 g/mol. The number of benzene rings is 1. The molecule has 21 heavy (non-hydrogen) atoms. The summed E-state index contributed by atoms with van der Waals surface area (Å²) in [7, 11) is -3.59. The Morgan fingerprint density at radius 2 is 1.95 bits per heavy atom. The zero-order valence-corrected chi connectivity index (χ0v) is 13.7. The predicted molar refractivity (Wildman–Crippen MR) is 81.6 cm³/mol. The van der Waals surface area contributed by atoms with Gasteiger partial charge in [0.1, 0.15) is 10.7 Å². The largest absolute Gasteiger partial charge is 0.350 e. The molecule has 1 rings (SSSR count). The first-order valence-corrected chi connectivity index (χ1v) is 8.05. The maximum atomic E-state index is 13.7. The van der Waals surface area contributed by atoms with Crippen molar-refractivity contribution in [1.82, 2.24) is 5.32 Å². The minimum atomic E-state index is -3.59. The second-order valence-corrected chi connectivity index (χ2v) is 6.92. The van der Waals surface area contributed by atoms with Crippen LogP contribution in [0, 0.1) is 5.82 Å². The van der Waals surface area contributed by atoms with Crippen molar-refractivity contribution in [2.24, 2.45) is 5.73 Å². The topological polar surface area (TPSA) is 89.3 Å². The molecule has 0 aliphatic heterocycles. The van der Waals surface area contributed by atoms with Crippen molar-refractivity contribution in [3.05, 3.63) is 29.6 Å². The van der Waals surface area contributed by atoms with Crippen LogP contribution in [-0.2, 0) is 14.6 Å². The van der Waals surface area contributed by atoms with Crippen LogP contribution < -0.4 is 11.1 Å².